The van der Waals surface area contributed by atoms with Crippen molar-refractivity contribution in [2.45, 2.75) is 25.8 Å². The van der Waals surface area contributed by atoms with Crippen LogP contribution in [-0.2, 0) is 23.9 Å². The Kier molecular flexibility index (Phi) is 10.8. The number of hydrogen-bond donors (Lipinski definition) is 2. The average molecular weight is 306 g/mol. The topological polar surface area (TPSA) is 108 Å². The third kappa shape index (κ3) is 9.62. The number of nitrogens with two attached hydrogens (primary N) is 1. The summed E-state index contributed by atoms with van der Waals surface area (Å²) in [6, 6.07) is -0.721. The normalized spacial score (nSPS) is 11.6. The smallest absolute Gasteiger partial charge is 0.323 e. The van der Waals surface area contributed by atoms with E-state index in [9.17, 15) is 14.4 Å². The lowest BCUT2D eigenvalue weighted by atomic mass is 10.3. The number of rotatable bonds is 10. The first kappa shape index (κ1) is 18.7. The molecule has 0 spiro atoms. The summed E-state index contributed by atoms with van der Waals surface area (Å²) in [6.45, 7) is 2.53. The molecule has 0 aromatic heterocycles. The molecule has 0 aliphatic carbocycles. The quantitative estimate of drug-likeness (QED) is 0.420. The number of esters is 2. The summed E-state index contributed by atoms with van der Waals surface area (Å²) >= 11 is 1.26. The van der Waals surface area contributed by atoms with Gasteiger partial charge in [0, 0.05) is 18.7 Å². The van der Waals surface area contributed by atoms with Gasteiger partial charge in [0.2, 0.25) is 5.91 Å². The Morgan fingerprint density at radius 2 is 2.05 bits per heavy atom. The summed E-state index contributed by atoms with van der Waals surface area (Å²) in [5, 5.41) is 2.67. The van der Waals surface area contributed by atoms with Crippen LogP contribution < -0.4 is 11.1 Å². The van der Waals surface area contributed by atoms with Crippen LogP contribution in [0.25, 0.3) is 0 Å². The molecular weight excluding hydrogens is 284 g/mol. The molecule has 0 heterocycles. The highest BCUT2D eigenvalue weighted by atomic mass is 32.2. The summed E-state index contributed by atoms with van der Waals surface area (Å²) in [5.41, 5.74) is 5.52. The Morgan fingerprint density at radius 1 is 1.35 bits per heavy atom. The first-order chi connectivity index (χ1) is 9.51. The van der Waals surface area contributed by atoms with Crippen LogP contribution in [0.1, 0.15) is 19.8 Å². The molecule has 0 radical (unpaired) electrons. The maximum atomic E-state index is 11.4. The highest BCUT2D eigenvalue weighted by molar-refractivity contribution is 8.00. The SMILES string of the molecule is CCOC(=O)CCCNC(=O)CSCC(N)C(=O)OC. The van der Waals surface area contributed by atoms with E-state index in [1.165, 1.54) is 18.9 Å². The maximum absolute atomic E-state index is 11.4. The monoisotopic (exact) mass is 306 g/mol. The Hall–Kier alpha value is -1.28. The van der Waals surface area contributed by atoms with E-state index in [1.54, 1.807) is 6.92 Å². The molecule has 1 atom stereocenters. The second-order valence-corrected chi connectivity index (χ2v) is 4.93. The number of carbonyl (C=O) groups excluding carboxylic acids is 3. The van der Waals surface area contributed by atoms with Gasteiger partial charge in [-0.1, -0.05) is 0 Å². The van der Waals surface area contributed by atoms with E-state index >= 15 is 0 Å². The van der Waals surface area contributed by atoms with Crippen molar-refractivity contribution in [1.82, 2.24) is 5.32 Å². The van der Waals surface area contributed by atoms with Gasteiger partial charge in [-0.3, -0.25) is 14.4 Å². The molecule has 1 amide bonds. The number of hydrogen-bond acceptors (Lipinski definition) is 7. The fourth-order valence-corrected chi connectivity index (χ4v) is 2.04. The molecule has 0 aromatic rings. The zero-order chi connectivity index (χ0) is 15.4. The van der Waals surface area contributed by atoms with Gasteiger partial charge in [-0.05, 0) is 13.3 Å². The van der Waals surface area contributed by atoms with Gasteiger partial charge in [0.25, 0.3) is 0 Å². The summed E-state index contributed by atoms with van der Waals surface area (Å²) in [5.74, 6) is -0.379. The molecule has 8 heteroatoms. The van der Waals surface area contributed by atoms with Crippen LogP contribution in [0.4, 0.5) is 0 Å². The van der Waals surface area contributed by atoms with E-state index in [1.807, 2.05) is 0 Å². The van der Waals surface area contributed by atoms with Gasteiger partial charge in [0.1, 0.15) is 6.04 Å². The first-order valence-corrected chi connectivity index (χ1v) is 7.50. The molecule has 116 valence electrons. The highest BCUT2D eigenvalue weighted by Gasteiger charge is 2.14. The molecule has 0 aromatic carbocycles. The molecule has 0 aliphatic heterocycles. The van der Waals surface area contributed by atoms with Gasteiger partial charge in [-0.2, -0.15) is 0 Å². The molecule has 0 saturated carbocycles. The molecule has 20 heavy (non-hydrogen) atoms. The van der Waals surface area contributed by atoms with Crippen LogP contribution in [-0.4, -0.2) is 55.7 Å². The van der Waals surface area contributed by atoms with Crippen molar-refractivity contribution in [3.05, 3.63) is 0 Å². The fraction of sp³-hybridized carbons (Fsp3) is 0.750. The molecule has 7 nitrogen and oxygen atoms in total. The van der Waals surface area contributed by atoms with Crippen molar-refractivity contribution in [1.29, 1.82) is 0 Å². The van der Waals surface area contributed by atoms with Crippen LogP contribution in [0.2, 0.25) is 0 Å². The van der Waals surface area contributed by atoms with Crippen molar-refractivity contribution in [3.8, 4) is 0 Å². The van der Waals surface area contributed by atoms with Crippen LogP contribution in [0.5, 0.6) is 0 Å². The zero-order valence-corrected chi connectivity index (χ0v) is 12.7. The van der Waals surface area contributed by atoms with E-state index in [0.29, 0.717) is 25.3 Å². The summed E-state index contributed by atoms with van der Waals surface area (Å²) in [7, 11) is 1.27. The lowest BCUT2D eigenvalue weighted by Gasteiger charge is -2.09. The van der Waals surface area contributed by atoms with Crippen molar-refractivity contribution in [3.63, 3.8) is 0 Å². The van der Waals surface area contributed by atoms with Crippen LogP contribution in [0, 0.1) is 0 Å². The second kappa shape index (κ2) is 11.5. The summed E-state index contributed by atoms with van der Waals surface area (Å²) in [6.07, 6.45) is 0.825. The van der Waals surface area contributed by atoms with Crippen molar-refractivity contribution in [2.24, 2.45) is 5.73 Å². The number of amides is 1. The second-order valence-electron chi connectivity index (χ2n) is 3.90. The average Bonchev–Trinajstić information content (AvgIpc) is 2.42. The van der Waals surface area contributed by atoms with Gasteiger partial charge in [0.05, 0.1) is 19.5 Å². The Labute approximate surface area is 122 Å². The Bertz CT molecular complexity index is 325. The predicted molar refractivity (Wildman–Crippen MR) is 76.2 cm³/mol. The molecule has 0 aliphatic rings. The third-order valence-electron chi connectivity index (χ3n) is 2.22. The summed E-state index contributed by atoms with van der Waals surface area (Å²) < 4.78 is 9.23. The molecule has 1 unspecified atom stereocenters. The van der Waals surface area contributed by atoms with E-state index in [0.717, 1.165) is 0 Å². The molecule has 3 N–H and O–H groups in total. The fourth-order valence-electron chi connectivity index (χ4n) is 1.24. The van der Waals surface area contributed by atoms with Crippen molar-refractivity contribution in [2.75, 3.05) is 31.8 Å². The maximum Gasteiger partial charge on any atom is 0.323 e. The number of thioether (sulfide) groups is 1. The van der Waals surface area contributed by atoms with Gasteiger partial charge in [-0.15, -0.1) is 11.8 Å². The van der Waals surface area contributed by atoms with Crippen molar-refractivity contribution >= 4 is 29.6 Å². The Balaban J connectivity index is 3.55. The van der Waals surface area contributed by atoms with E-state index in [-0.39, 0.29) is 24.1 Å². The molecule has 0 fully saturated rings. The number of ether oxygens (including phenoxy) is 2. The number of methoxy groups -OCH3 is 1. The third-order valence-corrected chi connectivity index (χ3v) is 3.28. The number of carbonyl (C=O) groups is 3. The standard InChI is InChI=1S/C12H22N2O5S/c1-3-19-11(16)5-4-6-14-10(15)8-20-7-9(13)12(17)18-2/h9H,3-8,13H2,1-2H3,(H,14,15). The van der Waals surface area contributed by atoms with E-state index in [4.69, 9.17) is 10.5 Å². The van der Waals surface area contributed by atoms with Gasteiger partial charge < -0.3 is 20.5 Å². The van der Waals surface area contributed by atoms with E-state index in [2.05, 4.69) is 10.1 Å². The van der Waals surface area contributed by atoms with Crippen LogP contribution in [0.15, 0.2) is 0 Å². The number of nitrogens with one attached hydrogen (secondary N) is 1. The minimum Gasteiger partial charge on any atom is -0.468 e. The van der Waals surface area contributed by atoms with Gasteiger partial charge >= 0.3 is 11.9 Å². The highest BCUT2D eigenvalue weighted by Crippen LogP contribution is 2.02. The lowest BCUT2D eigenvalue weighted by molar-refractivity contribution is -0.143. The molecule has 0 rings (SSSR count). The molecule has 0 bridgehead atoms. The van der Waals surface area contributed by atoms with Crippen molar-refractivity contribution < 1.29 is 23.9 Å². The zero-order valence-electron chi connectivity index (χ0n) is 11.8. The first-order valence-electron chi connectivity index (χ1n) is 6.34. The van der Waals surface area contributed by atoms with Gasteiger partial charge in [0.15, 0.2) is 0 Å². The largest absolute Gasteiger partial charge is 0.468 e. The lowest BCUT2D eigenvalue weighted by Crippen LogP contribution is -2.35. The summed E-state index contributed by atoms with van der Waals surface area (Å²) in [4.78, 5) is 33.5. The van der Waals surface area contributed by atoms with Gasteiger partial charge in [-0.25, -0.2) is 0 Å². The predicted octanol–water partition coefficient (Wildman–Crippen LogP) is -0.321. The van der Waals surface area contributed by atoms with E-state index < -0.39 is 12.0 Å². The van der Waals surface area contributed by atoms with Crippen LogP contribution >= 0.6 is 11.8 Å². The molecular formula is C12H22N2O5S. The molecule has 0 saturated heterocycles. The minimum atomic E-state index is -0.721. The minimum absolute atomic E-state index is 0.157. The van der Waals surface area contributed by atoms with Crippen LogP contribution in [0.3, 0.4) is 0 Å². The Morgan fingerprint density at radius 3 is 2.65 bits per heavy atom.